The minimum absolute atomic E-state index is 0.000185. The summed E-state index contributed by atoms with van der Waals surface area (Å²) in [6, 6.07) is 0.212. The van der Waals surface area contributed by atoms with Gasteiger partial charge in [0.05, 0.1) is 11.8 Å². The first-order valence-electron chi connectivity index (χ1n) is 5.98. The van der Waals surface area contributed by atoms with Crippen LogP contribution in [0.2, 0.25) is 0 Å². The second-order valence-corrected chi connectivity index (χ2v) is 7.20. The van der Waals surface area contributed by atoms with Crippen LogP contribution in [0.5, 0.6) is 0 Å². The van der Waals surface area contributed by atoms with E-state index in [0.29, 0.717) is 6.04 Å². The Morgan fingerprint density at radius 1 is 1.41 bits per heavy atom. The average molecular weight is 262 g/mol. The molecule has 0 bridgehead atoms. The van der Waals surface area contributed by atoms with Crippen molar-refractivity contribution in [1.82, 2.24) is 10.2 Å². The van der Waals surface area contributed by atoms with Crippen molar-refractivity contribution in [3.05, 3.63) is 0 Å². The molecular formula is C11H22N2O3S. The average Bonchev–Trinajstić information content (AvgIpc) is 2.24. The monoisotopic (exact) mass is 262 g/mol. The van der Waals surface area contributed by atoms with Crippen LogP contribution in [0.15, 0.2) is 0 Å². The predicted octanol–water partition coefficient (Wildman–Crippen LogP) is 0.0200. The van der Waals surface area contributed by atoms with Gasteiger partial charge < -0.3 is 10.2 Å². The predicted molar refractivity (Wildman–Crippen MR) is 67.6 cm³/mol. The molecule has 0 aromatic heterocycles. The van der Waals surface area contributed by atoms with Gasteiger partial charge in [-0.05, 0) is 26.2 Å². The molecule has 1 rings (SSSR count). The molecule has 0 aliphatic carbocycles. The molecule has 1 saturated heterocycles. The number of hydrogen-bond donors (Lipinski definition) is 1. The third-order valence-corrected chi connectivity index (χ3v) is 4.01. The van der Waals surface area contributed by atoms with Gasteiger partial charge in [0.15, 0.2) is 0 Å². The third kappa shape index (κ3) is 5.04. The summed E-state index contributed by atoms with van der Waals surface area (Å²) in [5, 5.41) is 3.25. The molecule has 1 aliphatic rings. The Hall–Kier alpha value is -0.620. The van der Waals surface area contributed by atoms with Gasteiger partial charge in [-0.25, -0.2) is 8.42 Å². The Kier molecular flexibility index (Phi) is 4.94. The number of carbonyl (C=O) groups is 1. The van der Waals surface area contributed by atoms with E-state index in [1.54, 1.807) is 7.05 Å². The van der Waals surface area contributed by atoms with Crippen molar-refractivity contribution >= 4 is 15.7 Å². The fourth-order valence-corrected chi connectivity index (χ4v) is 2.62. The van der Waals surface area contributed by atoms with Gasteiger partial charge in [0.25, 0.3) is 0 Å². The normalized spacial score (nSPS) is 25.6. The molecule has 0 aromatic carbocycles. The van der Waals surface area contributed by atoms with Crippen molar-refractivity contribution in [3.8, 4) is 0 Å². The Morgan fingerprint density at radius 2 is 2.06 bits per heavy atom. The highest BCUT2D eigenvalue weighted by Gasteiger charge is 2.26. The number of rotatable bonds is 4. The summed E-state index contributed by atoms with van der Waals surface area (Å²) in [5.74, 6) is 0.0255. The lowest BCUT2D eigenvalue weighted by molar-refractivity contribution is -0.132. The summed E-state index contributed by atoms with van der Waals surface area (Å²) < 4.78 is 22.1. The van der Waals surface area contributed by atoms with Crippen molar-refractivity contribution in [1.29, 1.82) is 0 Å². The quantitative estimate of drug-likeness (QED) is 0.775. The summed E-state index contributed by atoms with van der Waals surface area (Å²) in [6.07, 6.45) is 4.17. The van der Waals surface area contributed by atoms with Gasteiger partial charge in [0, 0.05) is 25.9 Å². The zero-order chi connectivity index (χ0) is 13.1. The Bertz CT molecular complexity index is 367. The molecule has 0 radical (unpaired) electrons. The van der Waals surface area contributed by atoms with Crippen LogP contribution in [0.1, 0.15) is 26.2 Å². The maximum atomic E-state index is 12.0. The first-order chi connectivity index (χ1) is 7.79. The number of nitrogens with one attached hydrogen (secondary N) is 1. The van der Waals surface area contributed by atoms with Crippen LogP contribution >= 0.6 is 0 Å². The van der Waals surface area contributed by atoms with E-state index >= 15 is 0 Å². The smallest absolute Gasteiger partial charge is 0.239 e. The van der Waals surface area contributed by atoms with Crippen LogP contribution in [0, 0.1) is 0 Å². The first-order valence-corrected chi connectivity index (χ1v) is 8.04. The highest BCUT2D eigenvalue weighted by atomic mass is 32.2. The van der Waals surface area contributed by atoms with Gasteiger partial charge in [-0.1, -0.05) is 0 Å². The Morgan fingerprint density at radius 3 is 2.59 bits per heavy atom. The van der Waals surface area contributed by atoms with Crippen molar-refractivity contribution in [2.45, 2.75) is 38.3 Å². The first kappa shape index (κ1) is 14.4. The number of amides is 1. The molecule has 0 aromatic rings. The fourth-order valence-electron chi connectivity index (χ4n) is 2.01. The van der Waals surface area contributed by atoms with E-state index < -0.39 is 9.84 Å². The van der Waals surface area contributed by atoms with Crippen LogP contribution in [0.4, 0.5) is 0 Å². The van der Waals surface area contributed by atoms with Crippen molar-refractivity contribution in [2.24, 2.45) is 0 Å². The molecule has 5 nitrogen and oxygen atoms in total. The molecule has 2 unspecified atom stereocenters. The van der Waals surface area contributed by atoms with E-state index in [0.717, 1.165) is 19.3 Å². The van der Waals surface area contributed by atoms with Crippen LogP contribution < -0.4 is 5.32 Å². The minimum atomic E-state index is -3.01. The fraction of sp³-hybridized carbons (Fsp3) is 0.909. The van der Waals surface area contributed by atoms with Gasteiger partial charge in [-0.2, -0.15) is 0 Å². The maximum absolute atomic E-state index is 12.0. The molecule has 100 valence electrons. The number of hydrogen-bond acceptors (Lipinski definition) is 4. The lowest BCUT2D eigenvalue weighted by atomic mass is 9.99. The largest absolute Gasteiger partial charge is 0.343 e. The summed E-state index contributed by atoms with van der Waals surface area (Å²) in [4.78, 5) is 13.5. The molecular weight excluding hydrogens is 240 g/mol. The summed E-state index contributed by atoms with van der Waals surface area (Å²) >= 11 is 0. The summed E-state index contributed by atoms with van der Waals surface area (Å²) in [7, 11) is -1.35. The summed E-state index contributed by atoms with van der Waals surface area (Å²) in [5.41, 5.74) is 0. The highest BCUT2D eigenvalue weighted by Crippen LogP contribution is 2.13. The molecule has 6 heteroatoms. The van der Waals surface area contributed by atoms with Crippen molar-refractivity contribution in [2.75, 3.05) is 25.6 Å². The number of carbonyl (C=O) groups excluding carboxylic acids is 1. The highest BCUT2D eigenvalue weighted by molar-refractivity contribution is 7.90. The van der Waals surface area contributed by atoms with E-state index in [9.17, 15) is 13.2 Å². The topological polar surface area (TPSA) is 66.5 Å². The third-order valence-electron chi connectivity index (χ3n) is 3.09. The van der Waals surface area contributed by atoms with Gasteiger partial charge in [-0.3, -0.25) is 4.79 Å². The number of sulfone groups is 1. The number of nitrogens with zero attached hydrogens (tertiary/aromatic N) is 1. The van der Waals surface area contributed by atoms with Crippen LogP contribution in [-0.2, 0) is 14.6 Å². The number of likely N-dealkylation sites (N-methyl/N-ethyl adjacent to an activating group) is 1. The Balaban J connectivity index is 2.45. The van der Waals surface area contributed by atoms with E-state index in [1.807, 2.05) is 0 Å². The van der Waals surface area contributed by atoms with Crippen LogP contribution in [0.3, 0.4) is 0 Å². The molecule has 1 N–H and O–H groups in total. The number of piperidine rings is 1. The second-order valence-electron chi connectivity index (χ2n) is 4.94. The van der Waals surface area contributed by atoms with Crippen molar-refractivity contribution in [3.63, 3.8) is 0 Å². The molecule has 0 spiro atoms. The van der Waals surface area contributed by atoms with E-state index in [2.05, 4.69) is 12.2 Å². The van der Waals surface area contributed by atoms with Gasteiger partial charge in [0.2, 0.25) is 5.91 Å². The SMILES string of the molecule is CC1CCCC(C(=O)N(C)CCS(C)(=O)=O)N1. The zero-order valence-corrected chi connectivity index (χ0v) is 11.6. The molecule has 1 fully saturated rings. The van der Waals surface area contributed by atoms with Crippen molar-refractivity contribution < 1.29 is 13.2 Å². The van der Waals surface area contributed by atoms with Gasteiger partial charge in [-0.15, -0.1) is 0 Å². The van der Waals surface area contributed by atoms with E-state index in [1.165, 1.54) is 11.2 Å². The lowest BCUT2D eigenvalue weighted by Gasteiger charge is -2.30. The minimum Gasteiger partial charge on any atom is -0.343 e. The Labute approximate surface area is 103 Å². The molecule has 2 atom stereocenters. The molecule has 1 aliphatic heterocycles. The van der Waals surface area contributed by atoms with Crippen LogP contribution in [0.25, 0.3) is 0 Å². The van der Waals surface area contributed by atoms with Gasteiger partial charge >= 0.3 is 0 Å². The zero-order valence-electron chi connectivity index (χ0n) is 10.8. The standard InChI is InChI=1S/C11H22N2O3S/c1-9-5-4-6-10(12-9)11(14)13(2)7-8-17(3,15)16/h9-10,12H,4-8H2,1-3H3. The van der Waals surface area contributed by atoms with Gasteiger partial charge in [0.1, 0.15) is 9.84 Å². The van der Waals surface area contributed by atoms with E-state index in [4.69, 9.17) is 0 Å². The van der Waals surface area contributed by atoms with E-state index in [-0.39, 0.29) is 24.2 Å². The molecule has 1 heterocycles. The molecule has 17 heavy (non-hydrogen) atoms. The molecule has 1 amide bonds. The second kappa shape index (κ2) is 5.82. The lowest BCUT2D eigenvalue weighted by Crippen LogP contribution is -2.51. The van der Waals surface area contributed by atoms with Crippen LogP contribution in [-0.4, -0.2) is 56.9 Å². The maximum Gasteiger partial charge on any atom is 0.239 e. The summed E-state index contributed by atoms with van der Waals surface area (Å²) in [6.45, 7) is 2.33. The molecule has 0 saturated carbocycles.